The standard InChI is InChI=1S/C11H17N.C2H6O/c1-2-3-9-12-10-11-7-5-4-6-8-11;1-3-2/h4-8,12H,2-3,9-10H2,1H3;1-2H3. The van der Waals surface area contributed by atoms with Crippen LogP contribution >= 0.6 is 0 Å². The first-order valence-electron chi connectivity index (χ1n) is 5.49. The lowest BCUT2D eigenvalue weighted by Crippen LogP contribution is -2.14. The van der Waals surface area contributed by atoms with Crippen molar-refractivity contribution in [1.29, 1.82) is 0 Å². The van der Waals surface area contributed by atoms with E-state index in [1.165, 1.54) is 18.4 Å². The molecule has 0 heterocycles. The molecule has 86 valence electrons. The highest BCUT2D eigenvalue weighted by molar-refractivity contribution is 5.14. The van der Waals surface area contributed by atoms with Crippen molar-refractivity contribution in [3.63, 3.8) is 0 Å². The molecule has 15 heavy (non-hydrogen) atoms. The third kappa shape index (κ3) is 9.44. The first-order chi connectivity index (χ1) is 7.35. The van der Waals surface area contributed by atoms with E-state index in [1.807, 2.05) is 0 Å². The summed E-state index contributed by atoms with van der Waals surface area (Å²) in [6.45, 7) is 4.34. The summed E-state index contributed by atoms with van der Waals surface area (Å²) in [5, 5.41) is 3.40. The minimum atomic E-state index is 1.00. The Labute approximate surface area is 93.7 Å². The van der Waals surface area contributed by atoms with Crippen molar-refractivity contribution in [2.75, 3.05) is 20.8 Å². The van der Waals surface area contributed by atoms with Gasteiger partial charge in [-0.1, -0.05) is 43.7 Å². The summed E-state index contributed by atoms with van der Waals surface area (Å²) in [6.07, 6.45) is 2.54. The van der Waals surface area contributed by atoms with Gasteiger partial charge in [0.05, 0.1) is 0 Å². The molecule has 0 spiro atoms. The molecular formula is C13H23NO. The van der Waals surface area contributed by atoms with Crippen molar-refractivity contribution in [3.8, 4) is 0 Å². The fourth-order valence-electron chi connectivity index (χ4n) is 1.13. The average molecular weight is 209 g/mol. The zero-order chi connectivity index (χ0) is 11.4. The van der Waals surface area contributed by atoms with Crippen LogP contribution in [0.2, 0.25) is 0 Å². The van der Waals surface area contributed by atoms with E-state index >= 15 is 0 Å². The number of ether oxygens (including phenoxy) is 1. The molecule has 0 unspecified atom stereocenters. The molecular weight excluding hydrogens is 186 g/mol. The van der Waals surface area contributed by atoms with Crippen molar-refractivity contribution in [1.82, 2.24) is 5.32 Å². The SMILES string of the molecule is CCCCNCc1ccccc1.COC. The van der Waals surface area contributed by atoms with Crippen LogP contribution < -0.4 is 5.32 Å². The highest BCUT2D eigenvalue weighted by Crippen LogP contribution is 1.97. The van der Waals surface area contributed by atoms with E-state index in [2.05, 4.69) is 47.3 Å². The summed E-state index contributed by atoms with van der Waals surface area (Å²) < 4.78 is 4.25. The Hall–Kier alpha value is -0.860. The predicted molar refractivity (Wildman–Crippen MR) is 66.0 cm³/mol. The van der Waals surface area contributed by atoms with E-state index in [9.17, 15) is 0 Å². The van der Waals surface area contributed by atoms with Crippen LogP contribution in [-0.2, 0) is 11.3 Å². The molecule has 0 fully saturated rings. The lowest BCUT2D eigenvalue weighted by Gasteiger charge is -2.02. The normalized spacial score (nSPS) is 9.27. The zero-order valence-electron chi connectivity index (χ0n) is 10.1. The Morgan fingerprint density at radius 2 is 1.73 bits per heavy atom. The van der Waals surface area contributed by atoms with E-state index in [-0.39, 0.29) is 0 Å². The van der Waals surface area contributed by atoms with Crippen LogP contribution in [0.15, 0.2) is 30.3 Å². The molecule has 0 aliphatic heterocycles. The third-order valence-electron chi connectivity index (χ3n) is 1.88. The lowest BCUT2D eigenvalue weighted by molar-refractivity contribution is 0.277. The molecule has 0 amide bonds. The van der Waals surface area contributed by atoms with E-state index in [1.54, 1.807) is 14.2 Å². The van der Waals surface area contributed by atoms with E-state index in [0.29, 0.717) is 0 Å². The number of hydrogen-bond donors (Lipinski definition) is 1. The molecule has 0 aromatic heterocycles. The molecule has 0 atom stereocenters. The molecule has 1 N–H and O–H groups in total. The minimum absolute atomic E-state index is 1.00. The average Bonchev–Trinajstić information content (AvgIpc) is 2.27. The number of unbranched alkanes of at least 4 members (excludes halogenated alkanes) is 1. The summed E-state index contributed by atoms with van der Waals surface area (Å²) in [5.74, 6) is 0. The summed E-state index contributed by atoms with van der Waals surface area (Å²) in [6, 6.07) is 10.5. The van der Waals surface area contributed by atoms with Crippen LogP contribution in [0.4, 0.5) is 0 Å². The molecule has 0 aliphatic rings. The maximum atomic E-state index is 4.25. The Bertz CT molecular complexity index is 211. The molecule has 2 nitrogen and oxygen atoms in total. The second-order valence-electron chi connectivity index (χ2n) is 3.42. The van der Waals surface area contributed by atoms with Gasteiger partial charge >= 0.3 is 0 Å². The summed E-state index contributed by atoms with van der Waals surface area (Å²) >= 11 is 0. The Kier molecular flexibility index (Phi) is 10.6. The van der Waals surface area contributed by atoms with Gasteiger partial charge < -0.3 is 10.1 Å². The van der Waals surface area contributed by atoms with Gasteiger partial charge in [0.15, 0.2) is 0 Å². The molecule has 1 aromatic rings. The molecule has 1 aromatic carbocycles. The lowest BCUT2D eigenvalue weighted by atomic mass is 10.2. The molecule has 0 radical (unpaired) electrons. The van der Waals surface area contributed by atoms with E-state index < -0.39 is 0 Å². The quantitative estimate of drug-likeness (QED) is 0.753. The number of benzene rings is 1. The number of methoxy groups -OCH3 is 1. The fourth-order valence-corrected chi connectivity index (χ4v) is 1.13. The highest BCUT2D eigenvalue weighted by atomic mass is 16.4. The van der Waals surface area contributed by atoms with Gasteiger partial charge in [0, 0.05) is 20.8 Å². The van der Waals surface area contributed by atoms with E-state index in [4.69, 9.17) is 0 Å². The van der Waals surface area contributed by atoms with Crippen LogP contribution in [0.5, 0.6) is 0 Å². The first-order valence-corrected chi connectivity index (χ1v) is 5.49. The van der Waals surface area contributed by atoms with Gasteiger partial charge in [0.25, 0.3) is 0 Å². The van der Waals surface area contributed by atoms with Gasteiger partial charge in [-0.25, -0.2) is 0 Å². The predicted octanol–water partition coefficient (Wildman–Crippen LogP) is 2.84. The molecule has 2 heteroatoms. The van der Waals surface area contributed by atoms with Crippen LogP contribution in [0.25, 0.3) is 0 Å². The van der Waals surface area contributed by atoms with Gasteiger partial charge in [-0.2, -0.15) is 0 Å². The molecule has 0 saturated carbocycles. The molecule has 0 saturated heterocycles. The summed E-state index contributed by atoms with van der Waals surface area (Å²) in [5.41, 5.74) is 1.37. The fraction of sp³-hybridized carbons (Fsp3) is 0.538. The number of rotatable bonds is 5. The third-order valence-corrected chi connectivity index (χ3v) is 1.88. The first kappa shape index (κ1) is 14.1. The van der Waals surface area contributed by atoms with Gasteiger partial charge in [-0.05, 0) is 18.5 Å². The van der Waals surface area contributed by atoms with Gasteiger partial charge in [-0.15, -0.1) is 0 Å². The summed E-state index contributed by atoms with van der Waals surface area (Å²) in [7, 11) is 3.25. The van der Waals surface area contributed by atoms with E-state index in [0.717, 1.165) is 13.1 Å². The maximum Gasteiger partial charge on any atom is 0.0351 e. The highest BCUT2D eigenvalue weighted by Gasteiger charge is 1.88. The largest absolute Gasteiger partial charge is 0.388 e. The minimum Gasteiger partial charge on any atom is -0.388 e. The molecule has 0 aliphatic carbocycles. The second-order valence-corrected chi connectivity index (χ2v) is 3.42. The van der Waals surface area contributed by atoms with Crippen molar-refractivity contribution < 1.29 is 4.74 Å². The number of nitrogens with one attached hydrogen (secondary N) is 1. The smallest absolute Gasteiger partial charge is 0.0351 e. The number of hydrogen-bond acceptors (Lipinski definition) is 2. The molecule has 1 rings (SSSR count). The summed E-state index contributed by atoms with van der Waals surface area (Å²) in [4.78, 5) is 0. The Balaban J connectivity index is 0.000000583. The van der Waals surface area contributed by atoms with Crippen molar-refractivity contribution >= 4 is 0 Å². The van der Waals surface area contributed by atoms with Gasteiger partial charge in [0.1, 0.15) is 0 Å². The topological polar surface area (TPSA) is 21.3 Å². The van der Waals surface area contributed by atoms with Gasteiger partial charge in [0.2, 0.25) is 0 Å². The zero-order valence-corrected chi connectivity index (χ0v) is 10.1. The van der Waals surface area contributed by atoms with Crippen LogP contribution in [0, 0.1) is 0 Å². The van der Waals surface area contributed by atoms with Crippen LogP contribution in [0.3, 0.4) is 0 Å². The van der Waals surface area contributed by atoms with Crippen molar-refractivity contribution in [2.24, 2.45) is 0 Å². The van der Waals surface area contributed by atoms with Crippen molar-refractivity contribution in [2.45, 2.75) is 26.3 Å². The molecule has 0 bridgehead atoms. The Morgan fingerprint density at radius 1 is 1.13 bits per heavy atom. The van der Waals surface area contributed by atoms with Gasteiger partial charge in [-0.3, -0.25) is 0 Å². The Morgan fingerprint density at radius 3 is 2.27 bits per heavy atom. The monoisotopic (exact) mass is 209 g/mol. The van der Waals surface area contributed by atoms with Crippen molar-refractivity contribution in [3.05, 3.63) is 35.9 Å². The van der Waals surface area contributed by atoms with Crippen LogP contribution in [0.1, 0.15) is 25.3 Å². The maximum absolute atomic E-state index is 4.25. The second kappa shape index (κ2) is 11.2. The van der Waals surface area contributed by atoms with Crippen LogP contribution in [-0.4, -0.2) is 20.8 Å².